The van der Waals surface area contributed by atoms with Crippen molar-refractivity contribution < 1.29 is 48.6 Å². The molecule has 3 aliphatic carbocycles. The molecule has 5 fully saturated rings. The molecule has 0 aromatic heterocycles. The molecule has 3 saturated heterocycles. The van der Waals surface area contributed by atoms with E-state index in [1.54, 1.807) is 32.1 Å². The van der Waals surface area contributed by atoms with Crippen LogP contribution < -0.4 is 0 Å². The van der Waals surface area contributed by atoms with Gasteiger partial charge in [-0.3, -0.25) is 9.59 Å². The summed E-state index contributed by atoms with van der Waals surface area (Å²) in [7, 11) is 0. The van der Waals surface area contributed by atoms with Gasteiger partial charge in [-0.2, -0.15) is 0 Å². The van der Waals surface area contributed by atoms with Crippen molar-refractivity contribution in [3.63, 3.8) is 0 Å². The van der Waals surface area contributed by atoms with Crippen LogP contribution in [-0.4, -0.2) is 86.5 Å². The average molecular weight is 657 g/mol. The van der Waals surface area contributed by atoms with Gasteiger partial charge in [0, 0.05) is 30.8 Å². The van der Waals surface area contributed by atoms with Gasteiger partial charge in [0.1, 0.15) is 30.0 Å². The molecule has 0 aromatic carbocycles. The minimum Gasteiger partial charge on any atom is -0.459 e. The lowest BCUT2D eigenvalue weighted by Gasteiger charge is -2.61. The molecule has 6 aliphatic rings. The number of Topliss-reactive ketones (excluding diaryl/α,β-unsaturated/α-hetero) is 1. The first-order chi connectivity index (χ1) is 22.3. The van der Waals surface area contributed by atoms with Gasteiger partial charge in [-0.25, -0.2) is 0 Å². The molecule has 3 aliphatic heterocycles. The summed E-state index contributed by atoms with van der Waals surface area (Å²) in [4.78, 5) is 26.4. The maximum atomic E-state index is 13.7. The second kappa shape index (κ2) is 12.3. The van der Waals surface area contributed by atoms with Crippen molar-refractivity contribution in [3.05, 3.63) is 48.1 Å². The molecule has 47 heavy (non-hydrogen) atoms. The highest BCUT2D eigenvalue weighted by molar-refractivity contribution is 6.05. The molecule has 10 nitrogen and oxygen atoms in total. The highest BCUT2D eigenvalue weighted by Gasteiger charge is 2.90. The number of aliphatic hydroxyl groups excluding tert-OH is 2. The first-order valence-electron chi connectivity index (χ1n) is 17.5. The number of unbranched alkanes of at least 4 members (excludes halogenated alkanes) is 8. The van der Waals surface area contributed by atoms with Crippen LogP contribution in [-0.2, 0) is 33.3 Å². The third-order valence-electron chi connectivity index (χ3n) is 11.8. The fraction of sp³-hybridized carbons (Fsp3) is 0.730. The number of esters is 1. The van der Waals surface area contributed by atoms with Crippen molar-refractivity contribution >= 4 is 11.8 Å². The maximum absolute atomic E-state index is 13.7. The van der Waals surface area contributed by atoms with Gasteiger partial charge in [-0.15, -0.1) is 0 Å². The molecule has 3 heterocycles. The monoisotopic (exact) mass is 656 g/mol. The molecule has 12 atom stereocenters. The number of carbonyl (C=O) groups excluding carboxylic acids is 2. The van der Waals surface area contributed by atoms with E-state index in [0.717, 1.165) is 12.8 Å². The summed E-state index contributed by atoms with van der Waals surface area (Å²) in [5.74, 6) is -5.58. The Hall–Kier alpha value is -2.18. The SMILES string of the molecule is C=C(C)[C@@]12OC3(/C=C/C=C\CCCCCCCCCC)O[C@@H]1C1[C@@H]4O[C@]4(CO)[C@@H](O)[C@]4(O)C(=O)C(C)=CC4[C@@]1(O3)[C@H](C)[C@H]2OC(C)=O. The number of ketones is 1. The van der Waals surface area contributed by atoms with Crippen LogP contribution >= 0.6 is 0 Å². The van der Waals surface area contributed by atoms with E-state index in [1.807, 2.05) is 13.0 Å². The Bertz CT molecular complexity index is 1370. The predicted molar refractivity (Wildman–Crippen MR) is 172 cm³/mol. The number of carbonyl (C=O) groups is 2. The number of rotatable bonds is 14. The van der Waals surface area contributed by atoms with Crippen LogP contribution in [0.3, 0.4) is 0 Å². The van der Waals surface area contributed by atoms with Gasteiger partial charge in [-0.05, 0) is 37.8 Å². The van der Waals surface area contributed by atoms with Gasteiger partial charge in [0.15, 0.2) is 17.0 Å². The molecule has 3 bridgehead atoms. The minimum atomic E-state index is -2.38. The molecular weight excluding hydrogens is 604 g/mol. The van der Waals surface area contributed by atoms with E-state index in [0.29, 0.717) is 5.57 Å². The van der Waals surface area contributed by atoms with Crippen molar-refractivity contribution in [2.24, 2.45) is 17.8 Å². The Morgan fingerprint density at radius 3 is 2.36 bits per heavy atom. The van der Waals surface area contributed by atoms with Crippen LogP contribution in [0, 0.1) is 17.8 Å². The zero-order chi connectivity index (χ0) is 34.0. The molecule has 0 aromatic rings. The van der Waals surface area contributed by atoms with Gasteiger partial charge >= 0.3 is 11.9 Å². The number of hydrogen-bond donors (Lipinski definition) is 3. The lowest BCUT2D eigenvalue weighted by molar-refractivity contribution is -0.407. The Labute approximate surface area is 277 Å². The molecule has 3 unspecified atom stereocenters. The largest absolute Gasteiger partial charge is 0.459 e. The van der Waals surface area contributed by atoms with Crippen LogP contribution in [0.4, 0.5) is 0 Å². The number of epoxide rings is 1. The summed E-state index contributed by atoms with van der Waals surface area (Å²) in [6.07, 6.45) is 15.5. The molecule has 10 heteroatoms. The maximum Gasteiger partial charge on any atom is 0.307 e. The number of ether oxygens (including phenoxy) is 5. The van der Waals surface area contributed by atoms with E-state index in [4.69, 9.17) is 23.7 Å². The third kappa shape index (κ3) is 4.84. The fourth-order valence-corrected chi connectivity index (χ4v) is 9.55. The second-order valence-electron chi connectivity index (χ2n) is 14.7. The first-order valence-corrected chi connectivity index (χ1v) is 17.5. The zero-order valence-electron chi connectivity index (χ0n) is 28.4. The normalized spacial score (nSPS) is 45.9. The Kier molecular flexibility index (Phi) is 9.07. The Balaban J connectivity index is 1.35. The van der Waals surface area contributed by atoms with Gasteiger partial charge < -0.3 is 39.0 Å². The van der Waals surface area contributed by atoms with E-state index in [2.05, 4.69) is 19.6 Å². The summed E-state index contributed by atoms with van der Waals surface area (Å²) in [5.41, 5.74) is -6.13. The van der Waals surface area contributed by atoms with Crippen LogP contribution in [0.25, 0.3) is 0 Å². The van der Waals surface area contributed by atoms with Crippen molar-refractivity contribution in [2.75, 3.05) is 6.61 Å². The molecular formula is C37H52O10. The summed E-state index contributed by atoms with van der Waals surface area (Å²) in [5, 5.41) is 34.6. The second-order valence-corrected chi connectivity index (χ2v) is 14.7. The Morgan fingerprint density at radius 1 is 1.04 bits per heavy atom. The summed E-state index contributed by atoms with van der Waals surface area (Å²) in [6, 6.07) is 0. The number of aliphatic hydroxyl groups is 3. The van der Waals surface area contributed by atoms with E-state index >= 15 is 0 Å². The summed E-state index contributed by atoms with van der Waals surface area (Å²) in [6.45, 7) is 12.3. The number of allylic oxidation sites excluding steroid dienone is 3. The van der Waals surface area contributed by atoms with Crippen molar-refractivity contribution in [1.29, 1.82) is 0 Å². The molecule has 260 valence electrons. The van der Waals surface area contributed by atoms with Gasteiger partial charge in [0.2, 0.25) is 0 Å². The minimum absolute atomic E-state index is 0.252. The predicted octanol–water partition coefficient (Wildman–Crippen LogP) is 4.36. The van der Waals surface area contributed by atoms with Crippen LogP contribution in [0.15, 0.2) is 48.1 Å². The molecule has 0 radical (unpaired) electrons. The highest BCUT2D eigenvalue weighted by atomic mass is 16.9. The molecule has 2 saturated carbocycles. The summed E-state index contributed by atoms with van der Waals surface area (Å²) < 4.78 is 32.6. The quantitative estimate of drug-likeness (QED) is 0.0811. The first kappa shape index (κ1) is 34.7. The van der Waals surface area contributed by atoms with Crippen molar-refractivity contribution in [2.45, 2.75) is 145 Å². The highest BCUT2D eigenvalue weighted by Crippen LogP contribution is 2.73. The zero-order valence-corrected chi connectivity index (χ0v) is 28.4. The van der Waals surface area contributed by atoms with E-state index in [-0.39, 0.29) is 5.57 Å². The lowest BCUT2D eigenvalue weighted by atomic mass is 9.53. The number of fused-ring (bicyclic) bond motifs is 3. The summed E-state index contributed by atoms with van der Waals surface area (Å²) >= 11 is 0. The molecule has 6 rings (SSSR count). The van der Waals surface area contributed by atoms with Crippen molar-refractivity contribution in [1.82, 2.24) is 0 Å². The van der Waals surface area contributed by atoms with Crippen LogP contribution in [0.5, 0.6) is 0 Å². The fourth-order valence-electron chi connectivity index (χ4n) is 9.55. The standard InChI is InChI=1S/C37H52O10/c1-7-8-9-10-11-12-13-14-15-16-17-18-19-34-45-31-27-30-33(21-38,44-30)32(41)35(42)26(20-23(4)28(35)40)37(27,47-34)24(5)29(43-25(6)39)36(31,46-34)22(2)3/h16-20,24,26-27,29-32,38,41-42H,2,7-15,21H2,1,3-6H3/b17-16-,19-18+/t24-,26?,27?,29-,30+,31-,32-,33+,34?,35-,36+,37+/m1/s1. The van der Waals surface area contributed by atoms with Crippen molar-refractivity contribution in [3.8, 4) is 0 Å². The van der Waals surface area contributed by atoms with E-state index in [1.165, 1.54) is 51.9 Å². The molecule has 3 N–H and O–H groups in total. The topological polar surface area (TPSA) is 144 Å². The van der Waals surface area contributed by atoms with Gasteiger partial charge in [-0.1, -0.05) is 89.7 Å². The van der Waals surface area contributed by atoms with Crippen LogP contribution in [0.1, 0.15) is 92.4 Å². The molecule has 0 spiro atoms. The van der Waals surface area contributed by atoms with Gasteiger partial charge in [0.05, 0.1) is 12.2 Å². The van der Waals surface area contributed by atoms with Gasteiger partial charge in [0.25, 0.3) is 0 Å². The number of hydrogen-bond acceptors (Lipinski definition) is 10. The third-order valence-corrected chi connectivity index (χ3v) is 11.8. The molecule has 0 amide bonds. The van der Waals surface area contributed by atoms with Crippen LogP contribution in [0.2, 0.25) is 0 Å². The van der Waals surface area contributed by atoms with E-state index < -0.39 is 88.9 Å². The average Bonchev–Trinajstić information content (AvgIpc) is 3.66. The Morgan fingerprint density at radius 2 is 1.72 bits per heavy atom. The lowest BCUT2D eigenvalue weighted by Crippen LogP contribution is -2.76. The smallest absolute Gasteiger partial charge is 0.307 e. The van der Waals surface area contributed by atoms with E-state index in [9.17, 15) is 24.9 Å².